The Labute approximate surface area is 112 Å². The number of nitrogens with zero attached hydrogens (tertiary/aromatic N) is 1. The van der Waals surface area contributed by atoms with Gasteiger partial charge in [0, 0.05) is 5.69 Å². The minimum absolute atomic E-state index is 0.0653. The van der Waals surface area contributed by atoms with E-state index in [4.69, 9.17) is 4.42 Å². The third kappa shape index (κ3) is 3.22. The number of oxazole rings is 1. The zero-order valence-electron chi connectivity index (χ0n) is 11.3. The van der Waals surface area contributed by atoms with Gasteiger partial charge in [0.25, 0.3) is 0 Å². The lowest BCUT2D eigenvalue weighted by Gasteiger charge is -2.13. The van der Waals surface area contributed by atoms with Gasteiger partial charge in [-0.3, -0.25) is 4.79 Å². The number of benzene rings is 1. The maximum atomic E-state index is 12.0. The lowest BCUT2D eigenvalue weighted by molar-refractivity contribution is -0.115. The van der Waals surface area contributed by atoms with Crippen LogP contribution in [0, 0.1) is 0 Å². The van der Waals surface area contributed by atoms with Crippen LogP contribution >= 0.6 is 0 Å². The van der Waals surface area contributed by atoms with Crippen molar-refractivity contribution < 1.29 is 9.21 Å². The molecule has 4 heteroatoms. The van der Waals surface area contributed by atoms with E-state index in [9.17, 15) is 4.79 Å². The fourth-order valence-corrected chi connectivity index (χ4v) is 2.08. The largest absolute Gasteiger partial charge is 0.451 e. The SMILES string of the molecule is CCc1cccc(CC)c1NC(=O)Cc1cocn1. The Hall–Kier alpha value is -2.10. The van der Waals surface area contributed by atoms with E-state index in [1.165, 1.54) is 12.7 Å². The maximum absolute atomic E-state index is 12.0. The van der Waals surface area contributed by atoms with Crippen LogP contribution in [0.4, 0.5) is 5.69 Å². The first kappa shape index (κ1) is 13.3. The molecule has 0 saturated carbocycles. The average molecular weight is 258 g/mol. The third-order valence-electron chi connectivity index (χ3n) is 3.09. The summed E-state index contributed by atoms with van der Waals surface area (Å²) in [6.45, 7) is 4.17. The first-order chi connectivity index (χ1) is 9.24. The van der Waals surface area contributed by atoms with Gasteiger partial charge in [-0.2, -0.15) is 0 Å². The van der Waals surface area contributed by atoms with Crippen LogP contribution in [0.2, 0.25) is 0 Å². The first-order valence-corrected chi connectivity index (χ1v) is 6.52. The molecule has 0 bridgehead atoms. The maximum Gasteiger partial charge on any atom is 0.230 e. The van der Waals surface area contributed by atoms with Crippen LogP contribution in [-0.4, -0.2) is 10.9 Å². The van der Waals surface area contributed by atoms with Crippen LogP contribution in [0.3, 0.4) is 0 Å². The van der Waals surface area contributed by atoms with Gasteiger partial charge in [0.1, 0.15) is 6.26 Å². The summed E-state index contributed by atoms with van der Waals surface area (Å²) in [6, 6.07) is 6.13. The number of rotatable bonds is 5. The molecule has 1 heterocycles. The fraction of sp³-hybridized carbons (Fsp3) is 0.333. The summed E-state index contributed by atoms with van der Waals surface area (Å²) >= 11 is 0. The lowest BCUT2D eigenvalue weighted by atomic mass is 10.0. The van der Waals surface area contributed by atoms with Crippen LogP contribution in [0.15, 0.2) is 35.3 Å². The Kier molecular flexibility index (Phi) is 4.34. The summed E-state index contributed by atoms with van der Waals surface area (Å²) in [4.78, 5) is 16.0. The van der Waals surface area contributed by atoms with E-state index in [2.05, 4.69) is 24.1 Å². The second-order valence-corrected chi connectivity index (χ2v) is 4.36. The number of para-hydroxylation sites is 1. The van der Waals surface area contributed by atoms with Crippen LogP contribution in [0.25, 0.3) is 0 Å². The molecule has 100 valence electrons. The molecule has 0 spiro atoms. The summed E-state index contributed by atoms with van der Waals surface area (Å²) in [7, 11) is 0. The highest BCUT2D eigenvalue weighted by Crippen LogP contribution is 2.22. The first-order valence-electron chi connectivity index (χ1n) is 6.52. The van der Waals surface area contributed by atoms with Gasteiger partial charge in [-0.15, -0.1) is 0 Å². The van der Waals surface area contributed by atoms with Crippen LogP contribution < -0.4 is 5.32 Å². The molecule has 0 radical (unpaired) electrons. The Morgan fingerprint density at radius 3 is 2.47 bits per heavy atom. The van der Waals surface area contributed by atoms with E-state index in [-0.39, 0.29) is 12.3 Å². The van der Waals surface area contributed by atoms with Crippen molar-refractivity contribution in [3.05, 3.63) is 47.7 Å². The topological polar surface area (TPSA) is 55.1 Å². The van der Waals surface area contributed by atoms with Gasteiger partial charge in [0.15, 0.2) is 6.39 Å². The summed E-state index contributed by atoms with van der Waals surface area (Å²) in [5.41, 5.74) is 3.91. The number of amides is 1. The molecular formula is C15H18N2O2. The van der Waals surface area contributed by atoms with Crippen molar-refractivity contribution >= 4 is 11.6 Å². The van der Waals surface area contributed by atoms with Gasteiger partial charge in [-0.1, -0.05) is 32.0 Å². The number of anilines is 1. The predicted molar refractivity (Wildman–Crippen MR) is 74.0 cm³/mol. The normalized spacial score (nSPS) is 10.4. The molecule has 0 saturated heterocycles. The Bertz CT molecular complexity index is 525. The molecule has 0 atom stereocenters. The smallest absolute Gasteiger partial charge is 0.230 e. The van der Waals surface area contributed by atoms with Gasteiger partial charge in [-0.05, 0) is 24.0 Å². The van der Waals surface area contributed by atoms with Crippen molar-refractivity contribution in [2.75, 3.05) is 5.32 Å². The van der Waals surface area contributed by atoms with Gasteiger partial charge in [0.2, 0.25) is 5.91 Å². The molecule has 2 rings (SSSR count). The van der Waals surface area contributed by atoms with Gasteiger partial charge in [-0.25, -0.2) is 4.98 Å². The highest BCUT2D eigenvalue weighted by atomic mass is 16.3. The number of carbonyl (C=O) groups excluding carboxylic acids is 1. The third-order valence-corrected chi connectivity index (χ3v) is 3.09. The average Bonchev–Trinajstić information content (AvgIpc) is 2.91. The summed E-state index contributed by atoms with van der Waals surface area (Å²) in [5, 5.41) is 3.00. The quantitative estimate of drug-likeness (QED) is 0.897. The number of nitrogens with one attached hydrogen (secondary N) is 1. The Balaban J connectivity index is 2.15. The second kappa shape index (κ2) is 6.18. The minimum atomic E-state index is -0.0653. The van der Waals surface area contributed by atoms with Crippen molar-refractivity contribution in [1.82, 2.24) is 4.98 Å². The molecule has 0 aliphatic rings. The Morgan fingerprint density at radius 2 is 1.95 bits per heavy atom. The molecule has 0 aliphatic carbocycles. The van der Waals surface area contributed by atoms with E-state index in [1.807, 2.05) is 18.2 Å². The van der Waals surface area contributed by atoms with E-state index in [1.54, 1.807) is 0 Å². The fourth-order valence-electron chi connectivity index (χ4n) is 2.08. The molecule has 1 aromatic heterocycles. The zero-order valence-corrected chi connectivity index (χ0v) is 11.3. The number of aromatic nitrogens is 1. The molecular weight excluding hydrogens is 240 g/mol. The van der Waals surface area contributed by atoms with Crippen molar-refractivity contribution in [1.29, 1.82) is 0 Å². The minimum Gasteiger partial charge on any atom is -0.451 e. The van der Waals surface area contributed by atoms with Crippen LogP contribution in [0.5, 0.6) is 0 Å². The zero-order chi connectivity index (χ0) is 13.7. The number of hydrogen-bond donors (Lipinski definition) is 1. The molecule has 0 unspecified atom stereocenters. The van der Waals surface area contributed by atoms with Gasteiger partial charge in [0.05, 0.1) is 12.1 Å². The highest BCUT2D eigenvalue weighted by Gasteiger charge is 2.11. The van der Waals surface area contributed by atoms with E-state index >= 15 is 0 Å². The summed E-state index contributed by atoms with van der Waals surface area (Å²) in [6.07, 6.45) is 4.85. The van der Waals surface area contributed by atoms with E-state index in [0.29, 0.717) is 5.69 Å². The number of carbonyl (C=O) groups is 1. The summed E-state index contributed by atoms with van der Waals surface area (Å²) in [5.74, 6) is -0.0653. The highest BCUT2D eigenvalue weighted by molar-refractivity contribution is 5.93. The van der Waals surface area contributed by atoms with Crippen LogP contribution in [-0.2, 0) is 24.1 Å². The lowest BCUT2D eigenvalue weighted by Crippen LogP contribution is -2.17. The van der Waals surface area contributed by atoms with Gasteiger partial charge >= 0.3 is 0 Å². The molecule has 1 aromatic carbocycles. The van der Waals surface area contributed by atoms with Gasteiger partial charge < -0.3 is 9.73 Å². The standard InChI is InChI=1S/C15H18N2O2/c1-3-11-6-5-7-12(4-2)15(11)17-14(18)8-13-9-19-10-16-13/h5-7,9-10H,3-4,8H2,1-2H3,(H,17,18). The van der Waals surface area contributed by atoms with E-state index in [0.717, 1.165) is 29.7 Å². The monoisotopic (exact) mass is 258 g/mol. The molecule has 0 aliphatic heterocycles. The van der Waals surface area contributed by atoms with Crippen molar-refractivity contribution in [3.63, 3.8) is 0 Å². The Morgan fingerprint density at radius 1 is 1.26 bits per heavy atom. The van der Waals surface area contributed by atoms with Crippen molar-refractivity contribution in [2.45, 2.75) is 33.1 Å². The van der Waals surface area contributed by atoms with Crippen molar-refractivity contribution in [2.24, 2.45) is 0 Å². The number of aryl methyl sites for hydroxylation is 2. The summed E-state index contributed by atoms with van der Waals surface area (Å²) < 4.78 is 4.86. The molecule has 4 nitrogen and oxygen atoms in total. The molecule has 1 amide bonds. The molecule has 0 fully saturated rings. The number of hydrogen-bond acceptors (Lipinski definition) is 3. The second-order valence-electron chi connectivity index (χ2n) is 4.36. The molecule has 2 aromatic rings. The molecule has 1 N–H and O–H groups in total. The van der Waals surface area contributed by atoms with Crippen LogP contribution in [0.1, 0.15) is 30.7 Å². The van der Waals surface area contributed by atoms with Crippen molar-refractivity contribution in [3.8, 4) is 0 Å². The molecule has 19 heavy (non-hydrogen) atoms. The predicted octanol–water partition coefficient (Wildman–Crippen LogP) is 2.98. The van der Waals surface area contributed by atoms with E-state index < -0.39 is 0 Å².